The molecular formula is C11H8N4S2. The summed E-state index contributed by atoms with van der Waals surface area (Å²) < 4.78 is 0. The molecule has 17 heavy (non-hydrogen) atoms. The summed E-state index contributed by atoms with van der Waals surface area (Å²) in [6.45, 7) is 0. The Kier molecular flexibility index (Phi) is 3.10. The molecule has 1 atom stereocenters. The van der Waals surface area contributed by atoms with Crippen LogP contribution in [0.5, 0.6) is 0 Å². The maximum atomic E-state index is 9.16. The average molecular weight is 260 g/mol. The first kappa shape index (κ1) is 11.6. The van der Waals surface area contributed by atoms with E-state index in [1.807, 2.05) is 23.6 Å². The van der Waals surface area contributed by atoms with Gasteiger partial charge in [-0.3, -0.25) is 0 Å². The van der Waals surface area contributed by atoms with Gasteiger partial charge in [-0.05, 0) is 11.4 Å². The number of hydrogen-bond donors (Lipinski definition) is 2. The number of rotatable bonds is 1. The molecule has 0 fully saturated rings. The van der Waals surface area contributed by atoms with E-state index in [2.05, 4.69) is 6.07 Å². The van der Waals surface area contributed by atoms with Crippen LogP contribution in [0.15, 0.2) is 39.4 Å². The van der Waals surface area contributed by atoms with Crippen molar-refractivity contribution in [1.29, 1.82) is 10.5 Å². The third-order valence-corrected chi connectivity index (χ3v) is 4.62. The van der Waals surface area contributed by atoms with Crippen LogP contribution in [0.3, 0.4) is 0 Å². The van der Waals surface area contributed by atoms with Crippen molar-refractivity contribution in [2.24, 2.45) is 11.5 Å². The average Bonchev–Trinajstić information content (AvgIpc) is 2.82. The number of hydrogen-bond acceptors (Lipinski definition) is 6. The van der Waals surface area contributed by atoms with Gasteiger partial charge in [0.2, 0.25) is 0 Å². The lowest BCUT2D eigenvalue weighted by molar-refractivity contribution is 1.11. The van der Waals surface area contributed by atoms with E-state index in [-0.39, 0.29) is 16.5 Å². The number of nitriles is 2. The van der Waals surface area contributed by atoms with Crippen LogP contribution in [0.2, 0.25) is 0 Å². The van der Waals surface area contributed by atoms with Crippen LogP contribution in [-0.2, 0) is 0 Å². The lowest BCUT2D eigenvalue weighted by Gasteiger charge is -2.21. The number of nitrogens with two attached hydrogens (primary N) is 2. The van der Waals surface area contributed by atoms with E-state index in [9.17, 15) is 0 Å². The molecule has 4 N–H and O–H groups in total. The van der Waals surface area contributed by atoms with E-state index in [0.717, 1.165) is 4.88 Å². The van der Waals surface area contributed by atoms with Gasteiger partial charge in [0.25, 0.3) is 0 Å². The fraction of sp³-hybridized carbons (Fsp3) is 0.0909. The van der Waals surface area contributed by atoms with Gasteiger partial charge in [-0.15, -0.1) is 11.3 Å². The molecule has 2 heterocycles. The minimum atomic E-state index is -0.197. The molecule has 1 aliphatic rings. The maximum Gasteiger partial charge on any atom is 0.106 e. The minimum absolute atomic E-state index is 0.197. The van der Waals surface area contributed by atoms with Crippen LogP contribution >= 0.6 is 23.1 Å². The second-order valence-corrected chi connectivity index (χ2v) is 5.43. The molecule has 1 aromatic heterocycles. The second kappa shape index (κ2) is 4.54. The van der Waals surface area contributed by atoms with Gasteiger partial charge in [-0.25, -0.2) is 0 Å². The molecule has 84 valence electrons. The number of thioether (sulfide) groups is 1. The highest BCUT2D eigenvalue weighted by Crippen LogP contribution is 2.46. The Hall–Kier alpha value is -1.89. The summed E-state index contributed by atoms with van der Waals surface area (Å²) in [5.41, 5.74) is 12.4. The Balaban J connectivity index is 2.54. The molecule has 0 spiro atoms. The summed E-state index contributed by atoms with van der Waals surface area (Å²) in [7, 11) is 0. The number of nitrogens with zero attached hydrogens (tertiary/aromatic N) is 2. The number of thiophene rings is 1. The zero-order valence-electron chi connectivity index (χ0n) is 8.68. The first-order valence-corrected chi connectivity index (χ1v) is 6.45. The molecule has 2 rings (SSSR count). The molecule has 0 amide bonds. The lowest BCUT2D eigenvalue weighted by atomic mass is 10.1. The Labute approximate surface area is 107 Å². The predicted octanol–water partition coefficient (Wildman–Crippen LogP) is 1.97. The normalized spacial score (nSPS) is 20.0. The summed E-state index contributed by atoms with van der Waals surface area (Å²) in [5.74, 6) is 0. The molecule has 6 heteroatoms. The standard InChI is InChI=1S/C11H8N4S2/c12-4-6-9(14)7(5-13)11(15)17-10(6)8-2-1-3-16-8/h1-3,10H,14-15H2. The van der Waals surface area contributed by atoms with E-state index >= 15 is 0 Å². The predicted molar refractivity (Wildman–Crippen MR) is 68.3 cm³/mol. The van der Waals surface area contributed by atoms with Gasteiger partial charge >= 0.3 is 0 Å². The largest absolute Gasteiger partial charge is 0.397 e. The van der Waals surface area contributed by atoms with Crippen molar-refractivity contribution in [1.82, 2.24) is 0 Å². The number of allylic oxidation sites excluding steroid dienone is 1. The van der Waals surface area contributed by atoms with E-state index < -0.39 is 0 Å². The van der Waals surface area contributed by atoms with E-state index in [1.165, 1.54) is 23.1 Å². The molecule has 0 bridgehead atoms. The highest BCUT2D eigenvalue weighted by Gasteiger charge is 2.29. The van der Waals surface area contributed by atoms with Gasteiger partial charge in [0, 0.05) is 4.88 Å². The molecule has 0 saturated heterocycles. The second-order valence-electron chi connectivity index (χ2n) is 3.30. The summed E-state index contributed by atoms with van der Waals surface area (Å²) in [6, 6.07) is 7.85. The maximum absolute atomic E-state index is 9.16. The van der Waals surface area contributed by atoms with Gasteiger partial charge in [-0.1, -0.05) is 17.8 Å². The summed E-state index contributed by atoms with van der Waals surface area (Å²) in [5, 5.41) is 20.2. The van der Waals surface area contributed by atoms with Crippen molar-refractivity contribution >= 4 is 23.1 Å². The third-order valence-electron chi connectivity index (χ3n) is 2.35. The van der Waals surface area contributed by atoms with Crippen LogP contribution in [0.25, 0.3) is 0 Å². The highest BCUT2D eigenvalue weighted by atomic mass is 32.2. The van der Waals surface area contributed by atoms with Gasteiger partial charge in [0.1, 0.15) is 11.6 Å². The van der Waals surface area contributed by atoms with E-state index in [0.29, 0.717) is 10.6 Å². The molecule has 0 saturated carbocycles. The van der Waals surface area contributed by atoms with Crippen molar-refractivity contribution in [3.63, 3.8) is 0 Å². The van der Waals surface area contributed by atoms with Gasteiger partial charge in [-0.2, -0.15) is 10.5 Å². The Morgan fingerprint density at radius 3 is 2.53 bits per heavy atom. The Morgan fingerprint density at radius 1 is 1.24 bits per heavy atom. The molecular weight excluding hydrogens is 252 g/mol. The smallest absolute Gasteiger partial charge is 0.106 e. The minimum Gasteiger partial charge on any atom is -0.397 e. The van der Waals surface area contributed by atoms with Crippen LogP contribution in [0.4, 0.5) is 0 Å². The van der Waals surface area contributed by atoms with E-state index in [4.69, 9.17) is 22.0 Å². The summed E-state index contributed by atoms with van der Waals surface area (Å²) in [4.78, 5) is 1.01. The van der Waals surface area contributed by atoms with E-state index in [1.54, 1.807) is 0 Å². The van der Waals surface area contributed by atoms with Gasteiger partial charge in [0.15, 0.2) is 0 Å². The van der Waals surface area contributed by atoms with Crippen LogP contribution in [-0.4, -0.2) is 0 Å². The van der Waals surface area contributed by atoms with Crippen LogP contribution < -0.4 is 11.5 Å². The monoisotopic (exact) mass is 260 g/mol. The topological polar surface area (TPSA) is 99.6 Å². The molecule has 0 aliphatic carbocycles. The highest BCUT2D eigenvalue weighted by molar-refractivity contribution is 8.03. The zero-order chi connectivity index (χ0) is 12.4. The van der Waals surface area contributed by atoms with Crippen molar-refractivity contribution in [3.8, 4) is 12.1 Å². The van der Waals surface area contributed by atoms with Crippen LogP contribution in [0.1, 0.15) is 10.1 Å². The molecule has 1 unspecified atom stereocenters. The lowest BCUT2D eigenvalue weighted by Crippen LogP contribution is -2.17. The summed E-state index contributed by atoms with van der Waals surface area (Å²) >= 11 is 2.84. The van der Waals surface area contributed by atoms with Crippen molar-refractivity contribution in [2.45, 2.75) is 5.25 Å². The third kappa shape index (κ3) is 1.89. The van der Waals surface area contributed by atoms with Gasteiger partial charge in [0.05, 0.1) is 27.6 Å². The Morgan fingerprint density at radius 2 is 2.00 bits per heavy atom. The fourth-order valence-corrected chi connectivity index (χ4v) is 3.57. The van der Waals surface area contributed by atoms with Crippen LogP contribution in [0, 0.1) is 22.7 Å². The van der Waals surface area contributed by atoms with Crippen molar-refractivity contribution in [3.05, 3.63) is 44.3 Å². The first-order valence-electron chi connectivity index (χ1n) is 4.69. The molecule has 1 aliphatic heterocycles. The molecule has 4 nitrogen and oxygen atoms in total. The quantitative estimate of drug-likeness (QED) is 0.804. The fourth-order valence-electron chi connectivity index (χ4n) is 1.53. The first-order chi connectivity index (χ1) is 8.19. The molecule has 0 aromatic carbocycles. The Bertz CT molecular complexity index is 584. The molecule has 1 aromatic rings. The zero-order valence-corrected chi connectivity index (χ0v) is 10.3. The van der Waals surface area contributed by atoms with Crippen molar-refractivity contribution in [2.75, 3.05) is 0 Å². The molecule has 0 radical (unpaired) electrons. The summed E-state index contributed by atoms with van der Waals surface area (Å²) in [6.07, 6.45) is 0. The van der Waals surface area contributed by atoms with Gasteiger partial charge < -0.3 is 11.5 Å². The van der Waals surface area contributed by atoms with Crippen molar-refractivity contribution < 1.29 is 0 Å². The SMILES string of the molecule is N#CC1=C(N)SC(c2cccs2)C(C#N)=C1N.